The highest BCUT2D eigenvalue weighted by Gasteiger charge is 2.29. The molecule has 0 aromatic heterocycles. The Morgan fingerprint density at radius 2 is 0.897 bits per heavy atom. The van der Waals surface area contributed by atoms with Gasteiger partial charge in [-0.1, -0.05) is 86.6 Å². The SMILES string of the molecule is CC(C)(c1ccc(O)cc1-c1ccccc1)c1ccc(O)cc1-c1ccccc1. The molecule has 0 amide bonds. The molecule has 0 aliphatic carbocycles. The molecule has 0 heterocycles. The molecule has 0 saturated carbocycles. The van der Waals surface area contributed by atoms with E-state index in [1.54, 1.807) is 12.1 Å². The first-order chi connectivity index (χ1) is 14.0. The standard InChI is InChI=1S/C27H24O2/c1-27(2,25-15-13-21(28)17-23(25)19-9-5-3-6-10-19)26-16-14-22(29)18-24(26)20-11-7-4-8-12-20/h3-18,28-29H,1-2H3. The molecule has 144 valence electrons. The van der Waals surface area contributed by atoms with Gasteiger partial charge in [-0.25, -0.2) is 0 Å². The molecule has 0 atom stereocenters. The van der Waals surface area contributed by atoms with E-state index in [4.69, 9.17) is 0 Å². The number of phenolic OH excluding ortho intramolecular Hbond substituents is 2. The van der Waals surface area contributed by atoms with Crippen molar-refractivity contribution in [1.29, 1.82) is 0 Å². The van der Waals surface area contributed by atoms with Gasteiger partial charge in [-0.3, -0.25) is 0 Å². The minimum Gasteiger partial charge on any atom is -0.508 e. The lowest BCUT2D eigenvalue weighted by molar-refractivity contribution is 0.474. The Hall–Kier alpha value is -3.52. The molecule has 4 aromatic carbocycles. The smallest absolute Gasteiger partial charge is 0.116 e. The van der Waals surface area contributed by atoms with Gasteiger partial charge in [-0.2, -0.15) is 0 Å². The Morgan fingerprint density at radius 3 is 1.28 bits per heavy atom. The first kappa shape index (κ1) is 18.8. The van der Waals surface area contributed by atoms with Gasteiger partial charge in [0.15, 0.2) is 0 Å². The lowest BCUT2D eigenvalue weighted by Crippen LogP contribution is -2.21. The fraction of sp³-hybridized carbons (Fsp3) is 0.111. The van der Waals surface area contributed by atoms with Crippen LogP contribution in [0.3, 0.4) is 0 Å². The maximum atomic E-state index is 10.2. The normalized spacial score (nSPS) is 11.4. The van der Waals surface area contributed by atoms with Crippen LogP contribution in [0.1, 0.15) is 25.0 Å². The predicted molar refractivity (Wildman–Crippen MR) is 119 cm³/mol. The van der Waals surface area contributed by atoms with E-state index >= 15 is 0 Å². The summed E-state index contributed by atoms with van der Waals surface area (Å²) in [5, 5.41) is 20.3. The maximum Gasteiger partial charge on any atom is 0.116 e. The second-order valence-corrected chi connectivity index (χ2v) is 7.82. The van der Waals surface area contributed by atoms with Crippen LogP contribution in [0.15, 0.2) is 97.1 Å². The molecule has 2 nitrogen and oxygen atoms in total. The summed E-state index contributed by atoms with van der Waals surface area (Å²) in [6.45, 7) is 4.37. The molecule has 0 unspecified atom stereocenters. The summed E-state index contributed by atoms with van der Waals surface area (Å²) >= 11 is 0. The van der Waals surface area contributed by atoms with Crippen LogP contribution in [0.4, 0.5) is 0 Å². The van der Waals surface area contributed by atoms with Gasteiger partial charge in [0.25, 0.3) is 0 Å². The third-order valence-corrected chi connectivity index (χ3v) is 5.52. The molecule has 29 heavy (non-hydrogen) atoms. The molecule has 0 spiro atoms. The quantitative estimate of drug-likeness (QED) is 0.411. The average molecular weight is 380 g/mol. The van der Waals surface area contributed by atoms with Crippen molar-refractivity contribution < 1.29 is 10.2 Å². The van der Waals surface area contributed by atoms with E-state index in [1.807, 2.05) is 60.7 Å². The summed E-state index contributed by atoms with van der Waals surface area (Å²) in [6.07, 6.45) is 0. The molecule has 0 radical (unpaired) electrons. The van der Waals surface area contributed by atoms with Crippen molar-refractivity contribution in [2.24, 2.45) is 0 Å². The largest absolute Gasteiger partial charge is 0.508 e. The molecule has 2 heteroatoms. The van der Waals surface area contributed by atoms with Crippen molar-refractivity contribution in [1.82, 2.24) is 0 Å². The van der Waals surface area contributed by atoms with Crippen molar-refractivity contribution in [3.63, 3.8) is 0 Å². The minimum absolute atomic E-state index is 0.248. The van der Waals surface area contributed by atoms with Crippen LogP contribution in [-0.4, -0.2) is 10.2 Å². The Bertz CT molecular complexity index is 1040. The summed E-state index contributed by atoms with van der Waals surface area (Å²) in [5.74, 6) is 0.495. The van der Waals surface area contributed by atoms with Gasteiger partial charge < -0.3 is 10.2 Å². The zero-order chi connectivity index (χ0) is 20.4. The van der Waals surface area contributed by atoms with E-state index in [0.717, 1.165) is 33.4 Å². The molecule has 0 aliphatic heterocycles. The Morgan fingerprint density at radius 1 is 0.517 bits per heavy atom. The van der Waals surface area contributed by atoms with Crippen molar-refractivity contribution >= 4 is 0 Å². The Kier molecular flexibility index (Phi) is 4.85. The summed E-state index contributed by atoms with van der Waals surface area (Å²) in [7, 11) is 0. The molecule has 0 saturated heterocycles. The number of rotatable bonds is 4. The third kappa shape index (κ3) is 3.62. The zero-order valence-electron chi connectivity index (χ0n) is 16.6. The molecular weight excluding hydrogens is 356 g/mol. The lowest BCUT2D eigenvalue weighted by atomic mass is 9.72. The van der Waals surface area contributed by atoms with Crippen molar-refractivity contribution in [3.05, 3.63) is 108 Å². The summed E-state index contributed by atoms with van der Waals surface area (Å²) in [4.78, 5) is 0. The molecule has 0 fully saturated rings. The van der Waals surface area contributed by atoms with Crippen LogP contribution in [0.2, 0.25) is 0 Å². The van der Waals surface area contributed by atoms with E-state index < -0.39 is 0 Å². The first-order valence-corrected chi connectivity index (χ1v) is 9.74. The second-order valence-electron chi connectivity index (χ2n) is 7.82. The number of hydrogen-bond acceptors (Lipinski definition) is 2. The van der Waals surface area contributed by atoms with Crippen LogP contribution in [0.25, 0.3) is 22.3 Å². The predicted octanol–water partition coefficient (Wildman–Crippen LogP) is 6.76. The van der Waals surface area contributed by atoms with Gasteiger partial charge in [-0.05, 0) is 57.6 Å². The second kappa shape index (κ2) is 7.48. The molecular formula is C27H24O2. The molecule has 2 N–H and O–H groups in total. The first-order valence-electron chi connectivity index (χ1n) is 9.74. The van der Waals surface area contributed by atoms with Gasteiger partial charge in [0.1, 0.15) is 11.5 Å². The van der Waals surface area contributed by atoms with E-state index in [2.05, 4.69) is 38.1 Å². The van der Waals surface area contributed by atoms with Crippen molar-refractivity contribution in [3.8, 4) is 33.8 Å². The highest BCUT2D eigenvalue weighted by molar-refractivity contribution is 5.76. The summed E-state index contributed by atoms with van der Waals surface area (Å²) < 4.78 is 0. The highest BCUT2D eigenvalue weighted by atomic mass is 16.3. The number of benzene rings is 4. The number of hydrogen-bond donors (Lipinski definition) is 2. The van der Waals surface area contributed by atoms with Gasteiger partial charge in [0.2, 0.25) is 0 Å². The minimum atomic E-state index is -0.363. The monoisotopic (exact) mass is 380 g/mol. The van der Waals surface area contributed by atoms with Gasteiger partial charge in [-0.15, -0.1) is 0 Å². The van der Waals surface area contributed by atoms with Crippen molar-refractivity contribution in [2.75, 3.05) is 0 Å². The fourth-order valence-electron chi connectivity index (χ4n) is 4.01. The van der Waals surface area contributed by atoms with Crippen LogP contribution < -0.4 is 0 Å². The maximum absolute atomic E-state index is 10.2. The number of aromatic hydroxyl groups is 2. The van der Waals surface area contributed by atoms with E-state index in [1.165, 1.54) is 0 Å². The number of phenols is 2. The molecule has 0 aliphatic rings. The van der Waals surface area contributed by atoms with Crippen LogP contribution in [0, 0.1) is 0 Å². The van der Waals surface area contributed by atoms with Crippen molar-refractivity contribution in [2.45, 2.75) is 19.3 Å². The topological polar surface area (TPSA) is 40.5 Å². The lowest BCUT2D eigenvalue weighted by Gasteiger charge is -2.31. The highest BCUT2D eigenvalue weighted by Crippen LogP contribution is 2.43. The van der Waals surface area contributed by atoms with Crippen LogP contribution >= 0.6 is 0 Å². The molecule has 4 aromatic rings. The fourth-order valence-corrected chi connectivity index (χ4v) is 4.01. The molecule has 4 rings (SSSR count). The third-order valence-electron chi connectivity index (χ3n) is 5.52. The average Bonchev–Trinajstić information content (AvgIpc) is 2.74. The van der Waals surface area contributed by atoms with E-state index in [9.17, 15) is 10.2 Å². The molecule has 0 bridgehead atoms. The van der Waals surface area contributed by atoms with Gasteiger partial charge in [0, 0.05) is 5.41 Å². The Balaban J connectivity index is 1.94. The van der Waals surface area contributed by atoms with Gasteiger partial charge in [0.05, 0.1) is 0 Å². The van der Waals surface area contributed by atoms with Gasteiger partial charge >= 0.3 is 0 Å². The Labute approximate surface area is 171 Å². The summed E-state index contributed by atoms with van der Waals surface area (Å²) in [5.41, 5.74) is 6.00. The van der Waals surface area contributed by atoms with Crippen LogP contribution in [-0.2, 0) is 5.41 Å². The zero-order valence-corrected chi connectivity index (χ0v) is 16.6. The van der Waals surface area contributed by atoms with Crippen LogP contribution in [0.5, 0.6) is 11.5 Å². The summed E-state index contributed by atoms with van der Waals surface area (Å²) in [6, 6.07) is 31.4. The van der Waals surface area contributed by atoms with E-state index in [0.29, 0.717) is 0 Å². The van der Waals surface area contributed by atoms with E-state index in [-0.39, 0.29) is 16.9 Å².